The topological polar surface area (TPSA) is 86.8 Å². The van der Waals surface area contributed by atoms with Gasteiger partial charge in [-0.15, -0.1) is 0 Å². The average molecular weight is 394 g/mol. The van der Waals surface area contributed by atoms with Gasteiger partial charge in [0.15, 0.2) is 9.84 Å². The summed E-state index contributed by atoms with van der Waals surface area (Å²) >= 11 is 0. The predicted octanol–water partition coefficient (Wildman–Crippen LogP) is 1.23. The number of anilines is 1. The molecule has 1 aromatic carbocycles. The minimum atomic E-state index is -2.90. The molecule has 7 nitrogen and oxygen atoms in total. The summed E-state index contributed by atoms with van der Waals surface area (Å²) in [6, 6.07) is 6.95. The average Bonchev–Trinajstić information content (AvgIpc) is 3.00. The van der Waals surface area contributed by atoms with Crippen LogP contribution in [0.2, 0.25) is 0 Å². The molecule has 0 aliphatic carbocycles. The third-order valence-electron chi connectivity index (χ3n) is 5.31. The molecule has 1 atom stereocenters. The summed E-state index contributed by atoms with van der Waals surface area (Å²) in [5.41, 5.74) is 1.27. The van der Waals surface area contributed by atoms with Gasteiger partial charge in [-0.1, -0.05) is 0 Å². The zero-order valence-electron chi connectivity index (χ0n) is 15.7. The maximum Gasteiger partial charge on any atom is 0.253 e. The molecular formula is C19H27N3O4S. The van der Waals surface area contributed by atoms with Crippen LogP contribution in [0, 0.1) is 5.92 Å². The quantitative estimate of drug-likeness (QED) is 0.813. The predicted molar refractivity (Wildman–Crippen MR) is 104 cm³/mol. The lowest BCUT2D eigenvalue weighted by Gasteiger charge is -2.32. The molecule has 0 spiro atoms. The number of sulfone groups is 1. The molecular weight excluding hydrogens is 366 g/mol. The van der Waals surface area contributed by atoms with E-state index in [4.69, 9.17) is 0 Å². The van der Waals surface area contributed by atoms with Crippen LogP contribution in [0.4, 0.5) is 5.69 Å². The van der Waals surface area contributed by atoms with Gasteiger partial charge in [-0.05, 0) is 50.1 Å². The number of nitrogens with zero attached hydrogens (tertiary/aromatic N) is 2. The summed E-state index contributed by atoms with van der Waals surface area (Å²) in [5.74, 6) is 0.413. The number of likely N-dealkylation sites (N-methyl/N-ethyl adjacent to an activating group) is 1. The van der Waals surface area contributed by atoms with Crippen LogP contribution in [0.25, 0.3) is 0 Å². The van der Waals surface area contributed by atoms with Crippen molar-refractivity contribution in [3.63, 3.8) is 0 Å². The van der Waals surface area contributed by atoms with E-state index in [9.17, 15) is 18.0 Å². The summed E-state index contributed by atoms with van der Waals surface area (Å²) < 4.78 is 22.9. The Morgan fingerprint density at radius 3 is 2.37 bits per heavy atom. The van der Waals surface area contributed by atoms with E-state index in [0.717, 1.165) is 26.2 Å². The Bertz CT molecular complexity index is 784. The summed E-state index contributed by atoms with van der Waals surface area (Å²) in [5, 5.41) is 2.82. The summed E-state index contributed by atoms with van der Waals surface area (Å²) in [7, 11) is -0.851. The van der Waals surface area contributed by atoms with Gasteiger partial charge in [0.25, 0.3) is 5.91 Å². The fourth-order valence-corrected chi connectivity index (χ4v) is 5.46. The highest BCUT2D eigenvalue weighted by Gasteiger charge is 2.28. The molecule has 1 unspecified atom stereocenters. The smallest absolute Gasteiger partial charge is 0.253 e. The fourth-order valence-electron chi connectivity index (χ4n) is 3.55. The van der Waals surface area contributed by atoms with E-state index in [-0.39, 0.29) is 29.2 Å². The van der Waals surface area contributed by atoms with Gasteiger partial charge < -0.3 is 15.1 Å². The Hall–Kier alpha value is -1.93. The first-order valence-electron chi connectivity index (χ1n) is 9.40. The van der Waals surface area contributed by atoms with Crippen molar-refractivity contribution in [2.45, 2.75) is 19.3 Å². The van der Waals surface area contributed by atoms with Crippen LogP contribution in [0.3, 0.4) is 0 Å². The molecule has 2 heterocycles. The summed E-state index contributed by atoms with van der Waals surface area (Å²) in [6.45, 7) is 3.21. The first-order valence-corrected chi connectivity index (χ1v) is 11.2. The zero-order valence-corrected chi connectivity index (χ0v) is 16.5. The van der Waals surface area contributed by atoms with Gasteiger partial charge in [0.2, 0.25) is 5.91 Å². The van der Waals surface area contributed by atoms with Gasteiger partial charge in [-0.3, -0.25) is 9.59 Å². The standard InChI is InChI=1S/C19H27N3O4S/c1-21-9-11-22(12-10-21)19(24)16-3-5-17(6-4-16)20-18(23)7-2-15-8-13-27(25,26)14-15/h3-6,15H,2,7-14H2,1H3,(H,20,23). The van der Waals surface area contributed by atoms with Gasteiger partial charge in [-0.2, -0.15) is 0 Å². The number of carbonyl (C=O) groups excluding carboxylic acids is 2. The number of piperazine rings is 1. The second-order valence-electron chi connectivity index (χ2n) is 7.53. The number of hydrogen-bond donors (Lipinski definition) is 1. The highest BCUT2D eigenvalue weighted by Crippen LogP contribution is 2.23. The SMILES string of the molecule is CN1CCN(C(=O)c2ccc(NC(=O)CCC3CCS(=O)(=O)C3)cc2)CC1. The number of nitrogens with one attached hydrogen (secondary N) is 1. The van der Waals surface area contributed by atoms with Crippen LogP contribution >= 0.6 is 0 Å². The minimum absolute atomic E-state index is 0.0171. The van der Waals surface area contributed by atoms with Gasteiger partial charge in [0.05, 0.1) is 11.5 Å². The monoisotopic (exact) mass is 393 g/mol. The van der Waals surface area contributed by atoms with Crippen molar-refractivity contribution >= 4 is 27.3 Å². The number of hydrogen-bond acceptors (Lipinski definition) is 5. The van der Waals surface area contributed by atoms with Crippen molar-refractivity contribution in [3.8, 4) is 0 Å². The van der Waals surface area contributed by atoms with E-state index < -0.39 is 9.84 Å². The van der Waals surface area contributed by atoms with Crippen molar-refractivity contribution in [2.75, 3.05) is 50.0 Å². The maximum absolute atomic E-state index is 12.5. The first kappa shape index (κ1) is 19.8. The van der Waals surface area contributed by atoms with E-state index >= 15 is 0 Å². The van der Waals surface area contributed by atoms with Crippen LogP contribution in [0.5, 0.6) is 0 Å². The number of amides is 2. The van der Waals surface area contributed by atoms with Gasteiger partial charge >= 0.3 is 0 Å². The van der Waals surface area contributed by atoms with Crippen LogP contribution in [-0.4, -0.2) is 74.8 Å². The number of benzene rings is 1. The molecule has 1 N–H and O–H groups in total. The molecule has 2 amide bonds. The third-order valence-corrected chi connectivity index (χ3v) is 7.15. The van der Waals surface area contributed by atoms with Crippen molar-refractivity contribution in [3.05, 3.63) is 29.8 Å². The molecule has 2 fully saturated rings. The maximum atomic E-state index is 12.5. The molecule has 2 aliphatic rings. The summed E-state index contributed by atoms with van der Waals surface area (Å²) in [6.07, 6.45) is 1.55. The Morgan fingerprint density at radius 1 is 1.11 bits per heavy atom. The molecule has 8 heteroatoms. The molecule has 3 rings (SSSR count). The highest BCUT2D eigenvalue weighted by atomic mass is 32.2. The number of rotatable bonds is 5. The Balaban J connectivity index is 1.47. The lowest BCUT2D eigenvalue weighted by molar-refractivity contribution is -0.116. The Morgan fingerprint density at radius 2 is 1.78 bits per heavy atom. The normalized spacial score (nSPS) is 22.6. The lowest BCUT2D eigenvalue weighted by atomic mass is 10.0. The lowest BCUT2D eigenvalue weighted by Crippen LogP contribution is -2.47. The zero-order chi connectivity index (χ0) is 19.4. The van der Waals surface area contributed by atoms with E-state index in [1.165, 1.54) is 0 Å². The Kier molecular flexibility index (Phi) is 6.16. The molecule has 148 valence electrons. The van der Waals surface area contributed by atoms with Crippen LogP contribution in [-0.2, 0) is 14.6 Å². The van der Waals surface area contributed by atoms with Gasteiger partial charge in [-0.25, -0.2) is 8.42 Å². The van der Waals surface area contributed by atoms with E-state index in [2.05, 4.69) is 10.2 Å². The molecule has 0 saturated carbocycles. The van der Waals surface area contributed by atoms with E-state index in [1.807, 2.05) is 11.9 Å². The van der Waals surface area contributed by atoms with Gasteiger partial charge in [0, 0.05) is 43.9 Å². The fraction of sp³-hybridized carbons (Fsp3) is 0.579. The van der Waals surface area contributed by atoms with Crippen molar-refractivity contribution in [2.24, 2.45) is 5.92 Å². The van der Waals surface area contributed by atoms with E-state index in [0.29, 0.717) is 30.5 Å². The number of carbonyl (C=O) groups is 2. The second-order valence-corrected chi connectivity index (χ2v) is 9.76. The molecule has 0 bridgehead atoms. The molecule has 2 aliphatic heterocycles. The minimum Gasteiger partial charge on any atom is -0.336 e. The molecule has 1 aromatic rings. The van der Waals surface area contributed by atoms with E-state index in [1.54, 1.807) is 24.3 Å². The molecule has 27 heavy (non-hydrogen) atoms. The van der Waals surface area contributed by atoms with Crippen LogP contribution in [0.1, 0.15) is 29.6 Å². The molecule has 0 radical (unpaired) electrons. The van der Waals surface area contributed by atoms with Crippen molar-refractivity contribution in [1.29, 1.82) is 0 Å². The molecule has 0 aromatic heterocycles. The highest BCUT2D eigenvalue weighted by molar-refractivity contribution is 7.91. The van der Waals surface area contributed by atoms with Crippen molar-refractivity contribution < 1.29 is 18.0 Å². The largest absolute Gasteiger partial charge is 0.336 e. The van der Waals surface area contributed by atoms with Crippen LogP contribution in [0.15, 0.2) is 24.3 Å². The second kappa shape index (κ2) is 8.39. The molecule has 2 saturated heterocycles. The van der Waals surface area contributed by atoms with Crippen LogP contribution < -0.4 is 5.32 Å². The van der Waals surface area contributed by atoms with Gasteiger partial charge in [0.1, 0.15) is 0 Å². The third kappa shape index (κ3) is 5.52. The first-order chi connectivity index (χ1) is 12.8. The van der Waals surface area contributed by atoms with Crippen molar-refractivity contribution in [1.82, 2.24) is 9.80 Å². The summed E-state index contributed by atoms with van der Waals surface area (Å²) in [4.78, 5) is 28.6. The Labute approximate surface area is 160 Å².